The van der Waals surface area contributed by atoms with Crippen LogP contribution < -0.4 is 4.72 Å². The zero-order valence-corrected chi connectivity index (χ0v) is 11.4. The highest BCUT2D eigenvalue weighted by Crippen LogP contribution is 2.23. The van der Waals surface area contributed by atoms with Crippen LogP contribution in [0.25, 0.3) is 0 Å². The second kappa shape index (κ2) is 6.09. The molecule has 0 bridgehead atoms. The quantitative estimate of drug-likeness (QED) is 0.596. The van der Waals surface area contributed by atoms with Crippen LogP contribution >= 0.6 is 0 Å². The molecule has 19 heavy (non-hydrogen) atoms. The molecule has 0 saturated heterocycles. The van der Waals surface area contributed by atoms with Crippen LogP contribution in [-0.2, 0) is 10.0 Å². The van der Waals surface area contributed by atoms with Crippen molar-refractivity contribution < 1.29 is 18.4 Å². The monoisotopic (exact) mass is 288 g/mol. The molecule has 0 saturated carbocycles. The first-order valence-corrected chi connectivity index (χ1v) is 7.14. The van der Waals surface area contributed by atoms with Gasteiger partial charge in [0, 0.05) is 12.1 Å². The van der Waals surface area contributed by atoms with Gasteiger partial charge in [-0.3, -0.25) is 10.1 Å². The Hall–Kier alpha value is -1.51. The number of nitrogens with one attached hydrogen (secondary N) is 1. The molecule has 0 aliphatic heterocycles. The first-order chi connectivity index (χ1) is 8.79. The molecule has 8 heteroatoms. The van der Waals surface area contributed by atoms with E-state index in [1.165, 1.54) is 12.1 Å². The van der Waals surface area contributed by atoms with Crippen LogP contribution in [0.15, 0.2) is 29.2 Å². The lowest BCUT2D eigenvalue weighted by Gasteiger charge is -2.19. The van der Waals surface area contributed by atoms with Crippen molar-refractivity contribution in [2.75, 3.05) is 6.61 Å². The van der Waals surface area contributed by atoms with E-state index in [4.69, 9.17) is 5.11 Å². The van der Waals surface area contributed by atoms with Crippen LogP contribution in [0.5, 0.6) is 0 Å². The molecule has 2 N–H and O–H groups in total. The molecule has 0 spiro atoms. The molecule has 0 heterocycles. The standard InChI is InChI=1S/C11H16N2O5S/c1-8(2)9(7-14)12-19(17,18)11-6-4-3-5-10(11)13(15)16/h3-6,8-9,12,14H,7H2,1-2H3. The normalized spacial score (nSPS) is 13.5. The van der Waals surface area contributed by atoms with Gasteiger partial charge in [0.1, 0.15) is 0 Å². The van der Waals surface area contributed by atoms with Crippen LogP contribution in [0.1, 0.15) is 13.8 Å². The summed E-state index contributed by atoms with van der Waals surface area (Å²) in [6.07, 6.45) is 0. The van der Waals surface area contributed by atoms with Crippen molar-refractivity contribution in [1.82, 2.24) is 4.72 Å². The molecule has 7 nitrogen and oxygen atoms in total. The molecule has 1 atom stereocenters. The number of nitro groups is 1. The van der Waals surface area contributed by atoms with Gasteiger partial charge in [0.2, 0.25) is 10.0 Å². The van der Waals surface area contributed by atoms with Gasteiger partial charge in [-0.1, -0.05) is 26.0 Å². The summed E-state index contributed by atoms with van der Waals surface area (Å²) in [7, 11) is -4.04. The number of benzene rings is 1. The number of aliphatic hydroxyl groups excluding tert-OH is 1. The van der Waals surface area contributed by atoms with E-state index in [0.29, 0.717) is 0 Å². The molecule has 1 unspecified atom stereocenters. The number of rotatable bonds is 6. The summed E-state index contributed by atoms with van der Waals surface area (Å²) in [5.74, 6) is -0.137. The van der Waals surface area contributed by atoms with Crippen molar-refractivity contribution in [2.45, 2.75) is 24.8 Å². The van der Waals surface area contributed by atoms with E-state index in [9.17, 15) is 18.5 Å². The van der Waals surface area contributed by atoms with Gasteiger partial charge in [-0.2, -0.15) is 0 Å². The van der Waals surface area contributed by atoms with Gasteiger partial charge < -0.3 is 5.11 Å². The lowest BCUT2D eigenvalue weighted by atomic mass is 10.1. The first-order valence-electron chi connectivity index (χ1n) is 5.66. The van der Waals surface area contributed by atoms with E-state index in [-0.39, 0.29) is 12.5 Å². The zero-order valence-electron chi connectivity index (χ0n) is 10.6. The van der Waals surface area contributed by atoms with Crippen LogP contribution in [0, 0.1) is 16.0 Å². The maximum absolute atomic E-state index is 12.1. The zero-order chi connectivity index (χ0) is 14.6. The molecule has 1 aromatic carbocycles. The highest BCUT2D eigenvalue weighted by Gasteiger charge is 2.28. The molecule has 0 aliphatic rings. The maximum Gasteiger partial charge on any atom is 0.289 e. The number of nitro benzene ring substituents is 1. The van der Waals surface area contributed by atoms with Gasteiger partial charge in [-0.25, -0.2) is 13.1 Å². The van der Waals surface area contributed by atoms with Gasteiger partial charge >= 0.3 is 0 Å². The third kappa shape index (κ3) is 3.72. The average molecular weight is 288 g/mol. The highest BCUT2D eigenvalue weighted by atomic mass is 32.2. The van der Waals surface area contributed by atoms with Gasteiger partial charge in [-0.05, 0) is 12.0 Å². The number of sulfonamides is 1. The Labute approximate surface area is 111 Å². The van der Waals surface area contributed by atoms with Crippen LogP contribution in [-0.4, -0.2) is 31.1 Å². The Bertz CT molecular complexity index is 556. The molecule has 1 aromatic rings. The molecule has 0 fully saturated rings. The highest BCUT2D eigenvalue weighted by molar-refractivity contribution is 7.89. The first kappa shape index (κ1) is 15.5. The Morgan fingerprint density at radius 2 is 1.95 bits per heavy atom. The fourth-order valence-corrected chi connectivity index (χ4v) is 3.03. The third-order valence-electron chi connectivity index (χ3n) is 2.66. The minimum absolute atomic E-state index is 0.137. The van der Waals surface area contributed by atoms with E-state index in [1.807, 2.05) is 0 Å². The smallest absolute Gasteiger partial charge is 0.289 e. The molecular formula is C11H16N2O5S. The lowest BCUT2D eigenvalue weighted by Crippen LogP contribution is -2.41. The van der Waals surface area contributed by atoms with Crippen molar-refractivity contribution >= 4 is 15.7 Å². The average Bonchev–Trinajstić information content (AvgIpc) is 2.35. The number of nitrogens with zero attached hydrogens (tertiary/aromatic N) is 1. The van der Waals surface area contributed by atoms with Gasteiger partial charge in [0.15, 0.2) is 4.90 Å². The van der Waals surface area contributed by atoms with Gasteiger partial charge in [0.25, 0.3) is 5.69 Å². The van der Waals surface area contributed by atoms with E-state index < -0.39 is 31.6 Å². The minimum atomic E-state index is -4.04. The summed E-state index contributed by atoms with van der Waals surface area (Å²) in [5, 5.41) is 19.9. The maximum atomic E-state index is 12.1. The van der Waals surface area contributed by atoms with Crippen LogP contribution in [0.3, 0.4) is 0 Å². The van der Waals surface area contributed by atoms with Gasteiger partial charge in [0.05, 0.1) is 11.5 Å². The fourth-order valence-electron chi connectivity index (χ4n) is 1.48. The van der Waals surface area contributed by atoms with Crippen molar-refractivity contribution in [3.8, 4) is 0 Å². The lowest BCUT2D eigenvalue weighted by molar-refractivity contribution is -0.387. The summed E-state index contributed by atoms with van der Waals surface area (Å²) in [4.78, 5) is 9.67. The number of para-hydroxylation sites is 1. The van der Waals surface area contributed by atoms with E-state index >= 15 is 0 Å². The predicted molar refractivity (Wildman–Crippen MR) is 69.1 cm³/mol. The second-order valence-corrected chi connectivity index (χ2v) is 6.06. The van der Waals surface area contributed by atoms with Crippen molar-refractivity contribution in [3.05, 3.63) is 34.4 Å². The van der Waals surface area contributed by atoms with Crippen LogP contribution in [0.4, 0.5) is 5.69 Å². The number of hydrogen-bond donors (Lipinski definition) is 2. The van der Waals surface area contributed by atoms with Crippen molar-refractivity contribution in [2.24, 2.45) is 5.92 Å². The molecule has 0 aliphatic carbocycles. The SMILES string of the molecule is CC(C)C(CO)NS(=O)(=O)c1ccccc1[N+](=O)[O-]. The summed E-state index contributed by atoms with van der Waals surface area (Å²) >= 11 is 0. The minimum Gasteiger partial charge on any atom is -0.395 e. The molecule has 0 aromatic heterocycles. The summed E-state index contributed by atoms with van der Waals surface area (Å²) in [6.45, 7) is 3.10. The summed E-state index contributed by atoms with van der Waals surface area (Å²) in [5.41, 5.74) is -0.490. The van der Waals surface area contributed by atoms with Crippen molar-refractivity contribution in [3.63, 3.8) is 0 Å². The fraction of sp³-hybridized carbons (Fsp3) is 0.455. The van der Waals surface area contributed by atoms with Crippen molar-refractivity contribution in [1.29, 1.82) is 0 Å². The summed E-state index contributed by atoms with van der Waals surface area (Å²) in [6, 6.07) is 4.39. The predicted octanol–water partition coefficient (Wildman–Crippen LogP) is 0.890. The second-order valence-electron chi connectivity index (χ2n) is 4.38. The summed E-state index contributed by atoms with van der Waals surface area (Å²) < 4.78 is 26.5. The number of hydrogen-bond acceptors (Lipinski definition) is 5. The molecule has 0 amide bonds. The largest absolute Gasteiger partial charge is 0.395 e. The van der Waals surface area contributed by atoms with E-state index in [0.717, 1.165) is 12.1 Å². The van der Waals surface area contributed by atoms with Crippen LogP contribution in [0.2, 0.25) is 0 Å². The molecular weight excluding hydrogens is 272 g/mol. The van der Waals surface area contributed by atoms with E-state index in [2.05, 4.69) is 4.72 Å². The Morgan fingerprint density at radius 1 is 1.37 bits per heavy atom. The molecule has 106 valence electrons. The third-order valence-corrected chi connectivity index (χ3v) is 4.20. The topological polar surface area (TPSA) is 110 Å². The molecule has 0 radical (unpaired) electrons. The Morgan fingerprint density at radius 3 is 2.42 bits per heavy atom. The number of aliphatic hydroxyl groups is 1. The van der Waals surface area contributed by atoms with Gasteiger partial charge in [-0.15, -0.1) is 0 Å². The van der Waals surface area contributed by atoms with E-state index in [1.54, 1.807) is 13.8 Å². The Balaban J connectivity index is 3.17. The Kier molecular flexibility index (Phi) is 4.98. The molecule has 1 rings (SSSR count).